The van der Waals surface area contributed by atoms with Crippen LogP contribution in [0.2, 0.25) is 0 Å². The molecule has 2 N–H and O–H groups in total. The number of hydrogen-bond donors (Lipinski definition) is 1. The molecular formula is C11H19N3S. The molecule has 1 aliphatic rings. The molecule has 0 aliphatic carbocycles. The Balaban J connectivity index is 1.99. The van der Waals surface area contributed by atoms with Gasteiger partial charge < -0.3 is 10.3 Å². The molecule has 1 saturated heterocycles. The highest BCUT2D eigenvalue weighted by Crippen LogP contribution is 2.27. The van der Waals surface area contributed by atoms with Crippen molar-refractivity contribution in [3.63, 3.8) is 0 Å². The summed E-state index contributed by atoms with van der Waals surface area (Å²) in [7, 11) is 0. The Labute approximate surface area is 95.4 Å². The van der Waals surface area contributed by atoms with Crippen LogP contribution < -0.4 is 5.73 Å². The van der Waals surface area contributed by atoms with Crippen molar-refractivity contribution in [3.05, 3.63) is 18.2 Å². The molecule has 2 atom stereocenters. The lowest BCUT2D eigenvalue weighted by atomic mass is 10.2. The topological polar surface area (TPSA) is 43.8 Å². The predicted octanol–water partition coefficient (Wildman–Crippen LogP) is 2.19. The molecule has 15 heavy (non-hydrogen) atoms. The van der Waals surface area contributed by atoms with Crippen LogP contribution in [0.25, 0.3) is 0 Å². The monoisotopic (exact) mass is 225 g/mol. The molecule has 2 rings (SSSR count). The number of rotatable bonds is 3. The lowest BCUT2D eigenvalue weighted by molar-refractivity contribution is 0.557. The molecule has 4 heteroatoms. The lowest BCUT2D eigenvalue weighted by Gasteiger charge is -2.23. The van der Waals surface area contributed by atoms with E-state index in [1.54, 1.807) is 0 Å². The van der Waals surface area contributed by atoms with Crippen LogP contribution in [0.4, 0.5) is 0 Å². The highest BCUT2D eigenvalue weighted by molar-refractivity contribution is 7.99. The van der Waals surface area contributed by atoms with Crippen molar-refractivity contribution in [2.45, 2.75) is 44.0 Å². The number of thioether (sulfide) groups is 1. The van der Waals surface area contributed by atoms with Crippen LogP contribution in [0.1, 0.15) is 37.9 Å². The second-order valence-electron chi connectivity index (χ2n) is 4.25. The van der Waals surface area contributed by atoms with E-state index in [-0.39, 0.29) is 6.04 Å². The van der Waals surface area contributed by atoms with E-state index in [4.69, 9.17) is 5.73 Å². The minimum atomic E-state index is 0.0843. The van der Waals surface area contributed by atoms with Gasteiger partial charge in [0.1, 0.15) is 0 Å². The molecular weight excluding hydrogens is 206 g/mol. The third kappa shape index (κ3) is 2.75. The Hall–Kier alpha value is -0.480. The molecule has 1 aromatic heterocycles. The quantitative estimate of drug-likeness (QED) is 0.857. The minimum Gasteiger partial charge on any atom is -0.332 e. The Kier molecular flexibility index (Phi) is 3.70. The second kappa shape index (κ2) is 5.03. The van der Waals surface area contributed by atoms with Crippen LogP contribution in [0, 0.1) is 0 Å². The van der Waals surface area contributed by atoms with Crippen LogP contribution in [-0.2, 0) is 6.54 Å². The molecule has 0 amide bonds. The van der Waals surface area contributed by atoms with E-state index in [2.05, 4.69) is 21.3 Å². The second-order valence-corrected chi connectivity index (χ2v) is 5.66. The first-order valence-corrected chi connectivity index (χ1v) is 6.69. The SMILES string of the molecule is C[C@H](N)c1cncn1CC1CCCCS1. The van der Waals surface area contributed by atoms with Crippen molar-refractivity contribution in [3.8, 4) is 0 Å². The largest absolute Gasteiger partial charge is 0.332 e. The Morgan fingerprint density at radius 3 is 3.20 bits per heavy atom. The molecule has 0 bridgehead atoms. The van der Waals surface area contributed by atoms with Gasteiger partial charge in [0.15, 0.2) is 0 Å². The number of hydrogen-bond acceptors (Lipinski definition) is 3. The van der Waals surface area contributed by atoms with Gasteiger partial charge in [-0.15, -0.1) is 0 Å². The molecule has 1 unspecified atom stereocenters. The summed E-state index contributed by atoms with van der Waals surface area (Å²) in [5.41, 5.74) is 7.05. The maximum atomic E-state index is 5.90. The van der Waals surface area contributed by atoms with Gasteiger partial charge in [-0.3, -0.25) is 0 Å². The number of imidazole rings is 1. The summed E-state index contributed by atoms with van der Waals surface area (Å²) in [5, 5.41) is 0.755. The fourth-order valence-electron chi connectivity index (χ4n) is 2.03. The Morgan fingerprint density at radius 1 is 1.67 bits per heavy atom. The van der Waals surface area contributed by atoms with Gasteiger partial charge in [0.2, 0.25) is 0 Å². The maximum Gasteiger partial charge on any atom is 0.0949 e. The van der Waals surface area contributed by atoms with Gasteiger partial charge >= 0.3 is 0 Å². The van der Waals surface area contributed by atoms with E-state index in [9.17, 15) is 0 Å². The molecule has 1 aromatic rings. The summed E-state index contributed by atoms with van der Waals surface area (Å²) in [6.07, 6.45) is 7.89. The summed E-state index contributed by atoms with van der Waals surface area (Å²) in [4.78, 5) is 4.18. The van der Waals surface area contributed by atoms with Crippen LogP contribution in [0.3, 0.4) is 0 Å². The average molecular weight is 225 g/mol. The van der Waals surface area contributed by atoms with Crippen LogP contribution in [0.15, 0.2) is 12.5 Å². The van der Waals surface area contributed by atoms with Gasteiger partial charge in [0, 0.05) is 24.0 Å². The Morgan fingerprint density at radius 2 is 2.53 bits per heavy atom. The number of aromatic nitrogens is 2. The molecule has 0 radical (unpaired) electrons. The third-order valence-electron chi connectivity index (χ3n) is 2.89. The predicted molar refractivity (Wildman–Crippen MR) is 64.9 cm³/mol. The molecule has 0 saturated carbocycles. The van der Waals surface area contributed by atoms with E-state index in [1.165, 1.54) is 25.0 Å². The van der Waals surface area contributed by atoms with Crippen LogP contribution in [-0.4, -0.2) is 20.6 Å². The molecule has 0 aromatic carbocycles. The van der Waals surface area contributed by atoms with E-state index < -0.39 is 0 Å². The zero-order valence-electron chi connectivity index (χ0n) is 9.22. The fraction of sp³-hybridized carbons (Fsp3) is 0.727. The summed E-state index contributed by atoms with van der Waals surface area (Å²) in [5.74, 6) is 1.31. The highest BCUT2D eigenvalue weighted by atomic mass is 32.2. The minimum absolute atomic E-state index is 0.0843. The lowest BCUT2D eigenvalue weighted by Crippen LogP contribution is -2.20. The fourth-order valence-corrected chi connectivity index (χ4v) is 3.34. The van der Waals surface area contributed by atoms with Crippen molar-refractivity contribution in [2.24, 2.45) is 5.73 Å². The summed E-state index contributed by atoms with van der Waals surface area (Å²) < 4.78 is 2.22. The standard InChI is InChI=1S/C11H19N3S/c1-9(12)11-6-13-8-14(11)7-10-4-2-3-5-15-10/h6,8-10H,2-5,7,12H2,1H3/t9-,10?/m0/s1. The normalized spacial score (nSPS) is 24.0. The maximum absolute atomic E-state index is 5.90. The average Bonchev–Trinajstić information content (AvgIpc) is 2.67. The molecule has 3 nitrogen and oxygen atoms in total. The summed E-state index contributed by atoms with van der Waals surface area (Å²) >= 11 is 2.09. The van der Waals surface area contributed by atoms with Crippen molar-refractivity contribution >= 4 is 11.8 Å². The molecule has 0 spiro atoms. The first-order chi connectivity index (χ1) is 7.27. The number of nitrogens with two attached hydrogens (primary N) is 1. The smallest absolute Gasteiger partial charge is 0.0949 e. The molecule has 1 aliphatic heterocycles. The van der Waals surface area contributed by atoms with Gasteiger partial charge in [-0.1, -0.05) is 6.42 Å². The summed E-state index contributed by atoms with van der Waals surface area (Å²) in [6, 6.07) is 0.0843. The van der Waals surface area contributed by atoms with Gasteiger partial charge in [-0.05, 0) is 25.5 Å². The van der Waals surface area contributed by atoms with Gasteiger partial charge in [0.05, 0.1) is 12.0 Å². The van der Waals surface area contributed by atoms with Crippen molar-refractivity contribution in [1.82, 2.24) is 9.55 Å². The van der Waals surface area contributed by atoms with E-state index in [1.807, 2.05) is 19.4 Å². The molecule has 2 heterocycles. The summed E-state index contributed by atoms with van der Waals surface area (Å²) in [6.45, 7) is 3.09. The van der Waals surface area contributed by atoms with Crippen molar-refractivity contribution in [2.75, 3.05) is 5.75 Å². The Bertz CT molecular complexity index is 303. The van der Waals surface area contributed by atoms with Gasteiger partial charge in [-0.25, -0.2) is 4.98 Å². The first-order valence-electron chi connectivity index (χ1n) is 5.64. The zero-order chi connectivity index (χ0) is 10.7. The van der Waals surface area contributed by atoms with E-state index in [0.29, 0.717) is 0 Å². The van der Waals surface area contributed by atoms with Crippen LogP contribution in [0.5, 0.6) is 0 Å². The van der Waals surface area contributed by atoms with Crippen LogP contribution >= 0.6 is 11.8 Å². The van der Waals surface area contributed by atoms with Crippen molar-refractivity contribution in [1.29, 1.82) is 0 Å². The van der Waals surface area contributed by atoms with E-state index >= 15 is 0 Å². The van der Waals surface area contributed by atoms with E-state index in [0.717, 1.165) is 17.5 Å². The third-order valence-corrected chi connectivity index (χ3v) is 4.27. The zero-order valence-corrected chi connectivity index (χ0v) is 10.0. The van der Waals surface area contributed by atoms with Crippen molar-refractivity contribution < 1.29 is 0 Å². The first kappa shape index (κ1) is 11.0. The molecule has 84 valence electrons. The van der Waals surface area contributed by atoms with Gasteiger partial charge in [0.25, 0.3) is 0 Å². The number of nitrogens with zero attached hydrogens (tertiary/aromatic N) is 2. The highest BCUT2D eigenvalue weighted by Gasteiger charge is 2.16. The molecule has 1 fully saturated rings. The van der Waals surface area contributed by atoms with Gasteiger partial charge in [-0.2, -0.15) is 11.8 Å².